The number of fused-ring (bicyclic) bond motifs is 7. The maximum atomic E-state index is 2.45. The molecule has 0 N–H and O–H groups in total. The zero-order valence-corrected chi connectivity index (χ0v) is 28.8. The van der Waals surface area contributed by atoms with Crippen molar-refractivity contribution in [2.24, 2.45) is 0 Å². The molecule has 0 atom stereocenters. The average Bonchev–Trinajstić information content (AvgIpc) is 3.35. The molecule has 0 aromatic heterocycles. The van der Waals surface area contributed by atoms with E-state index >= 15 is 0 Å². The van der Waals surface area contributed by atoms with E-state index in [-0.39, 0.29) is 10.8 Å². The van der Waals surface area contributed by atoms with Crippen LogP contribution in [-0.2, 0) is 10.8 Å². The lowest BCUT2D eigenvalue weighted by Crippen LogP contribution is -2.17. The predicted octanol–water partition coefficient (Wildman–Crippen LogP) is 13.8. The van der Waals surface area contributed by atoms with Gasteiger partial charge in [-0.05, 0) is 128 Å². The fraction of sp³-hybridized carbons (Fsp3) is 0.143. The molecule has 0 aliphatic heterocycles. The zero-order valence-electron chi connectivity index (χ0n) is 28.8. The van der Waals surface area contributed by atoms with Crippen LogP contribution in [0.4, 0.5) is 0 Å². The van der Waals surface area contributed by atoms with Gasteiger partial charge in [-0.1, -0.05) is 156 Å². The molecule has 234 valence electrons. The molecule has 0 bridgehead atoms. The highest BCUT2D eigenvalue weighted by atomic mass is 14.4. The maximum Gasteiger partial charge on any atom is 0.0159 e. The summed E-state index contributed by atoms with van der Waals surface area (Å²) in [5.74, 6) is 0. The first kappa shape index (κ1) is 28.5. The number of hydrogen-bond acceptors (Lipinski definition) is 0. The Morgan fingerprint density at radius 1 is 0.388 bits per heavy atom. The second-order valence-electron chi connectivity index (χ2n) is 15.8. The summed E-state index contributed by atoms with van der Waals surface area (Å²) in [4.78, 5) is 0. The second-order valence-corrected chi connectivity index (χ2v) is 15.8. The van der Waals surface area contributed by atoms with Crippen molar-refractivity contribution in [1.29, 1.82) is 0 Å². The Balaban J connectivity index is 1.07. The lowest BCUT2D eigenvalue weighted by molar-refractivity contribution is 0.584. The minimum absolute atomic E-state index is 0.0410. The normalized spacial score (nSPS) is 14.0. The molecule has 0 heterocycles. The third-order valence-electron chi connectivity index (χ3n) is 11.6. The van der Waals surface area contributed by atoms with Gasteiger partial charge < -0.3 is 0 Å². The van der Waals surface area contributed by atoms with E-state index in [9.17, 15) is 0 Å². The SMILES string of the molecule is CC(C)(C)c1ccc2c(c1)C(C)(C)c1cc(-c3ccc4cc(-c5ccc6c7ccccc7c7cccc8ccc5c6c87)ccc4c3)ccc1-2. The highest BCUT2D eigenvalue weighted by molar-refractivity contribution is 6.35. The molecular formula is C49H38. The van der Waals surface area contributed by atoms with Crippen molar-refractivity contribution in [3.63, 3.8) is 0 Å². The Morgan fingerprint density at radius 3 is 1.69 bits per heavy atom. The summed E-state index contributed by atoms with van der Waals surface area (Å²) in [7, 11) is 0. The molecule has 0 spiro atoms. The number of hydrogen-bond donors (Lipinski definition) is 0. The van der Waals surface area contributed by atoms with Gasteiger partial charge in [-0.2, -0.15) is 0 Å². The molecule has 49 heavy (non-hydrogen) atoms. The van der Waals surface area contributed by atoms with Crippen LogP contribution in [0.15, 0.2) is 140 Å². The first-order valence-electron chi connectivity index (χ1n) is 17.6. The van der Waals surface area contributed by atoms with Gasteiger partial charge in [-0.25, -0.2) is 0 Å². The Morgan fingerprint density at radius 2 is 0.939 bits per heavy atom. The van der Waals surface area contributed by atoms with Crippen LogP contribution < -0.4 is 0 Å². The van der Waals surface area contributed by atoms with Crippen molar-refractivity contribution in [2.45, 2.75) is 45.4 Å². The van der Waals surface area contributed by atoms with Gasteiger partial charge in [0.2, 0.25) is 0 Å². The van der Waals surface area contributed by atoms with E-state index in [1.165, 1.54) is 104 Å². The van der Waals surface area contributed by atoms with Crippen molar-refractivity contribution in [3.05, 3.63) is 156 Å². The molecule has 0 unspecified atom stereocenters. The monoisotopic (exact) mass is 626 g/mol. The maximum absolute atomic E-state index is 2.45. The van der Waals surface area contributed by atoms with E-state index in [2.05, 4.69) is 174 Å². The van der Waals surface area contributed by atoms with Crippen LogP contribution in [0, 0.1) is 0 Å². The summed E-state index contributed by atoms with van der Waals surface area (Å²) in [6.45, 7) is 11.7. The molecule has 0 nitrogen and oxygen atoms in total. The average molecular weight is 627 g/mol. The molecule has 0 saturated carbocycles. The quantitative estimate of drug-likeness (QED) is 0.132. The second kappa shape index (κ2) is 9.80. The van der Waals surface area contributed by atoms with Crippen LogP contribution >= 0.6 is 0 Å². The Labute approximate surface area is 288 Å². The van der Waals surface area contributed by atoms with E-state index in [4.69, 9.17) is 0 Å². The minimum Gasteiger partial charge on any atom is -0.0616 e. The predicted molar refractivity (Wildman–Crippen MR) is 212 cm³/mol. The van der Waals surface area contributed by atoms with Crippen molar-refractivity contribution >= 4 is 53.9 Å². The summed E-state index contributed by atoms with van der Waals surface area (Å²) in [5, 5.41) is 13.2. The molecular weight excluding hydrogens is 589 g/mol. The number of rotatable bonds is 2. The summed E-state index contributed by atoms with van der Waals surface area (Å²) in [5.41, 5.74) is 12.2. The molecule has 1 aliphatic carbocycles. The molecule has 9 aromatic rings. The van der Waals surface area contributed by atoms with Crippen LogP contribution in [0.25, 0.3) is 87.2 Å². The van der Waals surface area contributed by atoms with Crippen LogP contribution in [0.3, 0.4) is 0 Å². The first-order valence-corrected chi connectivity index (χ1v) is 17.6. The fourth-order valence-electron chi connectivity index (χ4n) is 8.85. The van der Waals surface area contributed by atoms with Crippen molar-refractivity contribution in [1.82, 2.24) is 0 Å². The molecule has 0 saturated heterocycles. The van der Waals surface area contributed by atoms with Crippen LogP contribution in [0.5, 0.6) is 0 Å². The Bertz CT molecular complexity index is 2820. The summed E-state index contributed by atoms with van der Waals surface area (Å²) < 4.78 is 0. The van der Waals surface area contributed by atoms with Crippen molar-refractivity contribution in [2.75, 3.05) is 0 Å². The third kappa shape index (κ3) is 4.04. The van der Waals surface area contributed by atoms with E-state index in [0.717, 1.165) is 0 Å². The largest absolute Gasteiger partial charge is 0.0616 e. The van der Waals surface area contributed by atoms with Gasteiger partial charge in [0.1, 0.15) is 0 Å². The highest BCUT2D eigenvalue weighted by Crippen LogP contribution is 2.51. The molecule has 0 heteroatoms. The lowest BCUT2D eigenvalue weighted by Gasteiger charge is -2.25. The smallest absolute Gasteiger partial charge is 0.0159 e. The van der Waals surface area contributed by atoms with Crippen LogP contribution in [-0.4, -0.2) is 0 Å². The van der Waals surface area contributed by atoms with Gasteiger partial charge in [-0.15, -0.1) is 0 Å². The highest BCUT2D eigenvalue weighted by Gasteiger charge is 2.36. The standard InChI is InChI=1S/C49H38/c1-48(2,3)35-19-22-40-39-20-18-33(27-44(39)49(4,5)45(40)28-35)31-13-14-32-26-34(16-15-30(32)25-31)36-23-24-43-38-11-7-6-10-37(38)41-12-8-9-29-17-21-42(36)47(43)46(29)41/h6-28H,1-5H3. The third-order valence-corrected chi connectivity index (χ3v) is 11.6. The minimum atomic E-state index is -0.0410. The molecule has 9 aromatic carbocycles. The molecule has 0 radical (unpaired) electrons. The van der Waals surface area contributed by atoms with Gasteiger partial charge in [0.15, 0.2) is 0 Å². The molecule has 0 fully saturated rings. The first-order chi connectivity index (χ1) is 23.7. The molecule has 0 amide bonds. The van der Waals surface area contributed by atoms with Crippen LogP contribution in [0.2, 0.25) is 0 Å². The topological polar surface area (TPSA) is 0 Å². The summed E-state index contributed by atoms with van der Waals surface area (Å²) >= 11 is 0. The van der Waals surface area contributed by atoms with E-state index in [0.29, 0.717) is 0 Å². The van der Waals surface area contributed by atoms with Crippen molar-refractivity contribution < 1.29 is 0 Å². The van der Waals surface area contributed by atoms with Gasteiger partial charge in [0.25, 0.3) is 0 Å². The van der Waals surface area contributed by atoms with Gasteiger partial charge in [-0.3, -0.25) is 0 Å². The number of benzene rings is 9. The molecule has 10 rings (SSSR count). The van der Waals surface area contributed by atoms with Crippen molar-refractivity contribution in [3.8, 4) is 33.4 Å². The van der Waals surface area contributed by atoms with Gasteiger partial charge >= 0.3 is 0 Å². The molecule has 1 aliphatic rings. The van der Waals surface area contributed by atoms with Gasteiger partial charge in [0, 0.05) is 5.41 Å². The Kier molecular flexibility index (Phi) is 5.71. The van der Waals surface area contributed by atoms with E-state index in [1.807, 2.05) is 0 Å². The fourth-order valence-corrected chi connectivity index (χ4v) is 8.85. The van der Waals surface area contributed by atoms with E-state index in [1.54, 1.807) is 0 Å². The zero-order chi connectivity index (χ0) is 33.2. The Hall–Kier alpha value is -5.46. The van der Waals surface area contributed by atoms with Gasteiger partial charge in [0.05, 0.1) is 0 Å². The summed E-state index contributed by atoms with van der Waals surface area (Å²) in [6, 6.07) is 53.1. The lowest BCUT2D eigenvalue weighted by atomic mass is 9.78. The van der Waals surface area contributed by atoms with E-state index < -0.39 is 0 Å². The van der Waals surface area contributed by atoms with Crippen LogP contribution in [0.1, 0.15) is 51.3 Å². The summed E-state index contributed by atoms with van der Waals surface area (Å²) in [6.07, 6.45) is 0.